The minimum absolute atomic E-state index is 0.000831. The number of benzene rings is 2. The van der Waals surface area contributed by atoms with E-state index in [2.05, 4.69) is 0 Å². The molecule has 7 heteroatoms. The molecule has 170 valence electrons. The average molecular weight is 441 g/mol. The minimum atomic E-state index is -0.757. The van der Waals surface area contributed by atoms with Crippen LogP contribution in [-0.4, -0.2) is 60.4 Å². The molecule has 3 rings (SSSR count). The summed E-state index contributed by atoms with van der Waals surface area (Å²) in [7, 11) is 3.88. The van der Waals surface area contributed by atoms with Gasteiger partial charge in [-0.15, -0.1) is 0 Å². The lowest BCUT2D eigenvalue weighted by atomic mass is 9.95. The summed E-state index contributed by atoms with van der Waals surface area (Å²) >= 11 is 0. The standard InChI is InChI=1S/C25H29FN2O4/c1-4-15-32-20-8-5-7-18(16-20)22-21(23(29)17-9-11-19(26)12-10-17)24(30)25(31)28(22)14-6-13-27(2)3/h5,7-12,16,22,29H,4,6,13-15H2,1-3H3/b23-21+/t22-/m1/s1. The lowest BCUT2D eigenvalue weighted by Gasteiger charge is -2.26. The highest BCUT2D eigenvalue weighted by Gasteiger charge is 2.45. The first-order valence-corrected chi connectivity index (χ1v) is 10.7. The Labute approximate surface area is 187 Å². The van der Waals surface area contributed by atoms with E-state index >= 15 is 0 Å². The molecule has 1 fully saturated rings. The number of nitrogens with zero attached hydrogens (tertiary/aromatic N) is 2. The second-order valence-electron chi connectivity index (χ2n) is 8.08. The molecule has 1 aliphatic rings. The number of ether oxygens (including phenoxy) is 1. The van der Waals surface area contributed by atoms with Crippen molar-refractivity contribution in [2.75, 3.05) is 33.8 Å². The summed E-state index contributed by atoms with van der Waals surface area (Å²) in [6, 6.07) is 11.7. The van der Waals surface area contributed by atoms with Crippen molar-refractivity contribution in [2.45, 2.75) is 25.8 Å². The van der Waals surface area contributed by atoms with E-state index in [1.807, 2.05) is 38.1 Å². The Hall–Kier alpha value is -3.19. The Morgan fingerprint density at radius 2 is 1.88 bits per heavy atom. The van der Waals surface area contributed by atoms with Crippen LogP contribution in [0.15, 0.2) is 54.1 Å². The fourth-order valence-corrected chi connectivity index (χ4v) is 3.77. The topological polar surface area (TPSA) is 70.1 Å². The maximum atomic E-state index is 13.4. The molecule has 0 spiro atoms. The van der Waals surface area contributed by atoms with Gasteiger partial charge in [0.2, 0.25) is 0 Å². The van der Waals surface area contributed by atoms with Gasteiger partial charge in [-0.25, -0.2) is 4.39 Å². The highest BCUT2D eigenvalue weighted by molar-refractivity contribution is 6.46. The van der Waals surface area contributed by atoms with Crippen molar-refractivity contribution >= 4 is 17.4 Å². The molecule has 2 aromatic rings. The lowest BCUT2D eigenvalue weighted by Crippen LogP contribution is -2.32. The monoisotopic (exact) mass is 440 g/mol. The van der Waals surface area contributed by atoms with Crippen molar-refractivity contribution in [2.24, 2.45) is 0 Å². The van der Waals surface area contributed by atoms with Gasteiger partial charge in [-0.3, -0.25) is 9.59 Å². The lowest BCUT2D eigenvalue weighted by molar-refractivity contribution is -0.139. The Balaban J connectivity index is 2.07. The molecule has 1 aliphatic heterocycles. The number of aliphatic hydroxyl groups is 1. The largest absolute Gasteiger partial charge is 0.507 e. The van der Waals surface area contributed by atoms with Crippen molar-refractivity contribution in [1.82, 2.24) is 9.80 Å². The van der Waals surface area contributed by atoms with Crippen molar-refractivity contribution in [3.63, 3.8) is 0 Å². The van der Waals surface area contributed by atoms with Gasteiger partial charge in [0.05, 0.1) is 18.2 Å². The number of hydrogen-bond donors (Lipinski definition) is 1. The summed E-state index contributed by atoms with van der Waals surface area (Å²) in [6.45, 7) is 3.65. The normalized spacial score (nSPS) is 17.9. The van der Waals surface area contributed by atoms with Gasteiger partial charge in [-0.2, -0.15) is 0 Å². The van der Waals surface area contributed by atoms with E-state index in [0.29, 0.717) is 30.9 Å². The quantitative estimate of drug-likeness (QED) is 0.363. The van der Waals surface area contributed by atoms with Crippen LogP contribution in [0.1, 0.15) is 36.9 Å². The molecular formula is C25H29FN2O4. The molecule has 0 unspecified atom stereocenters. The van der Waals surface area contributed by atoms with E-state index in [0.717, 1.165) is 13.0 Å². The third-order valence-electron chi connectivity index (χ3n) is 5.31. The fourth-order valence-electron chi connectivity index (χ4n) is 3.77. The summed E-state index contributed by atoms with van der Waals surface area (Å²) in [4.78, 5) is 29.5. The van der Waals surface area contributed by atoms with E-state index in [9.17, 15) is 19.1 Å². The number of aliphatic hydroxyl groups excluding tert-OH is 1. The van der Waals surface area contributed by atoms with Gasteiger partial charge >= 0.3 is 0 Å². The highest BCUT2D eigenvalue weighted by atomic mass is 19.1. The van der Waals surface area contributed by atoms with Gasteiger partial charge in [-0.05, 0) is 75.4 Å². The van der Waals surface area contributed by atoms with Crippen LogP contribution < -0.4 is 4.74 Å². The van der Waals surface area contributed by atoms with Gasteiger partial charge in [0.1, 0.15) is 17.3 Å². The maximum Gasteiger partial charge on any atom is 0.295 e. The summed E-state index contributed by atoms with van der Waals surface area (Å²) < 4.78 is 19.1. The zero-order valence-corrected chi connectivity index (χ0v) is 18.7. The predicted molar refractivity (Wildman–Crippen MR) is 121 cm³/mol. The van der Waals surface area contributed by atoms with Crippen LogP contribution in [0.5, 0.6) is 5.75 Å². The smallest absolute Gasteiger partial charge is 0.295 e. The first-order valence-electron chi connectivity index (χ1n) is 10.7. The van der Waals surface area contributed by atoms with Crippen LogP contribution in [0.3, 0.4) is 0 Å². The molecule has 1 heterocycles. The molecule has 1 atom stereocenters. The number of likely N-dealkylation sites (tertiary alicyclic amines) is 1. The number of hydrogen-bond acceptors (Lipinski definition) is 5. The Bertz CT molecular complexity index is 1000. The minimum Gasteiger partial charge on any atom is -0.507 e. The first-order chi connectivity index (χ1) is 15.3. The molecule has 0 radical (unpaired) electrons. The predicted octanol–water partition coefficient (Wildman–Crippen LogP) is 3.99. The first kappa shape index (κ1) is 23.5. The molecule has 1 amide bonds. The van der Waals surface area contributed by atoms with E-state index in [1.54, 1.807) is 12.1 Å². The number of halogens is 1. The SMILES string of the molecule is CCCOc1cccc([C@@H]2/C(=C(\O)c3ccc(F)cc3)C(=O)C(=O)N2CCCN(C)C)c1. The molecule has 2 aromatic carbocycles. The summed E-state index contributed by atoms with van der Waals surface area (Å²) in [6.07, 6.45) is 1.51. The summed E-state index contributed by atoms with van der Waals surface area (Å²) in [5.41, 5.74) is 0.950. The molecule has 0 aliphatic carbocycles. The molecule has 0 saturated carbocycles. The number of Topliss-reactive ketones (excluding diaryl/α,β-unsaturated/α-hetero) is 1. The maximum absolute atomic E-state index is 13.4. The number of carbonyl (C=O) groups excluding carboxylic acids is 2. The average Bonchev–Trinajstić information content (AvgIpc) is 3.02. The molecule has 0 bridgehead atoms. The zero-order valence-electron chi connectivity index (χ0n) is 18.7. The van der Waals surface area contributed by atoms with Crippen LogP contribution in [-0.2, 0) is 9.59 Å². The van der Waals surface area contributed by atoms with Gasteiger partial charge in [0, 0.05) is 12.1 Å². The second-order valence-corrected chi connectivity index (χ2v) is 8.08. The van der Waals surface area contributed by atoms with E-state index in [1.165, 1.54) is 29.2 Å². The third kappa shape index (κ3) is 5.16. The van der Waals surface area contributed by atoms with Gasteiger partial charge in [-0.1, -0.05) is 19.1 Å². The molecule has 1 N–H and O–H groups in total. The Kier molecular flexibility index (Phi) is 7.64. The number of ketones is 1. The number of carbonyl (C=O) groups is 2. The summed E-state index contributed by atoms with van der Waals surface area (Å²) in [5, 5.41) is 11.0. The van der Waals surface area contributed by atoms with Crippen molar-refractivity contribution < 1.29 is 23.8 Å². The zero-order chi connectivity index (χ0) is 23.3. The van der Waals surface area contributed by atoms with Crippen molar-refractivity contribution in [3.8, 4) is 5.75 Å². The fraction of sp³-hybridized carbons (Fsp3) is 0.360. The van der Waals surface area contributed by atoms with E-state index in [-0.39, 0.29) is 16.9 Å². The Morgan fingerprint density at radius 1 is 1.16 bits per heavy atom. The molecule has 0 aromatic heterocycles. The highest BCUT2D eigenvalue weighted by Crippen LogP contribution is 2.40. The van der Waals surface area contributed by atoms with Crippen molar-refractivity contribution in [3.05, 3.63) is 71.0 Å². The molecule has 32 heavy (non-hydrogen) atoms. The van der Waals surface area contributed by atoms with E-state index in [4.69, 9.17) is 4.74 Å². The second kappa shape index (κ2) is 10.4. The third-order valence-corrected chi connectivity index (χ3v) is 5.31. The van der Waals surface area contributed by atoms with Crippen LogP contribution >= 0.6 is 0 Å². The van der Waals surface area contributed by atoms with Crippen LogP contribution in [0.25, 0.3) is 5.76 Å². The summed E-state index contributed by atoms with van der Waals surface area (Å²) in [5.74, 6) is -1.55. The Morgan fingerprint density at radius 3 is 2.53 bits per heavy atom. The van der Waals surface area contributed by atoms with Crippen molar-refractivity contribution in [1.29, 1.82) is 0 Å². The van der Waals surface area contributed by atoms with Gasteiger partial charge in [0.25, 0.3) is 11.7 Å². The van der Waals surface area contributed by atoms with E-state index < -0.39 is 23.5 Å². The molecule has 1 saturated heterocycles. The molecular weight excluding hydrogens is 411 g/mol. The van der Waals surface area contributed by atoms with Gasteiger partial charge in [0.15, 0.2) is 0 Å². The number of rotatable bonds is 9. The number of amides is 1. The molecule has 6 nitrogen and oxygen atoms in total. The van der Waals surface area contributed by atoms with Gasteiger partial charge < -0.3 is 19.6 Å². The van der Waals surface area contributed by atoms with Crippen LogP contribution in [0, 0.1) is 5.82 Å². The van der Waals surface area contributed by atoms with Crippen LogP contribution in [0.2, 0.25) is 0 Å². The van der Waals surface area contributed by atoms with Crippen LogP contribution in [0.4, 0.5) is 4.39 Å².